The lowest BCUT2D eigenvalue weighted by atomic mass is 9.86. The van der Waals surface area contributed by atoms with Gasteiger partial charge >= 0.3 is 0 Å². The number of para-hydroxylation sites is 1. The lowest BCUT2D eigenvalue weighted by molar-refractivity contribution is -0.119. The van der Waals surface area contributed by atoms with Crippen LogP contribution in [0.15, 0.2) is 28.8 Å². The van der Waals surface area contributed by atoms with Crippen LogP contribution in [0.25, 0.3) is 11.4 Å². The molecular weight excluding hydrogens is 362 g/mol. The van der Waals surface area contributed by atoms with Gasteiger partial charge in [-0.2, -0.15) is 4.98 Å². The van der Waals surface area contributed by atoms with Gasteiger partial charge in [-0.05, 0) is 37.8 Å². The first kappa shape index (κ1) is 19.7. The quantitative estimate of drug-likeness (QED) is 0.733. The minimum Gasteiger partial charge on any atom is -0.493 e. The molecule has 1 aliphatic carbocycles. The second-order valence-corrected chi connectivity index (χ2v) is 7.86. The number of nitrogens with one attached hydrogen (secondary N) is 1. The van der Waals surface area contributed by atoms with Gasteiger partial charge in [0.05, 0.1) is 23.7 Å². The highest BCUT2D eigenvalue weighted by Crippen LogP contribution is 2.28. The molecule has 1 aromatic carbocycles. The van der Waals surface area contributed by atoms with E-state index in [-0.39, 0.29) is 5.91 Å². The van der Waals surface area contributed by atoms with Crippen LogP contribution in [0.5, 0.6) is 5.75 Å². The van der Waals surface area contributed by atoms with Crippen LogP contribution >= 0.6 is 11.8 Å². The molecular formula is C20H27N3O3S. The number of carbonyl (C=O) groups is 1. The minimum absolute atomic E-state index is 0.0835. The fraction of sp³-hybridized carbons (Fsp3) is 0.550. The number of rotatable bonds is 8. The number of thioether (sulfide) groups is 1. The Morgan fingerprint density at radius 2 is 2.15 bits per heavy atom. The van der Waals surface area contributed by atoms with Crippen LogP contribution in [0.4, 0.5) is 0 Å². The lowest BCUT2D eigenvalue weighted by Crippen LogP contribution is -2.41. The molecule has 27 heavy (non-hydrogen) atoms. The summed E-state index contributed by atoms with van der Waals surface area (Å²) in [5.41, 5.74) is 0.809. The van der Waals surface area contributed by atoms with Gasteiger partial charge in [-0.1, -0.05) is 37.1 Å². The largest absolute Gasteiger partial charge is 0.493 e. The minimum atomic E-state index is 0.0835. The molecule has 0 radical (unpaired) electrons. The summed E-state index contributed by atoms with van der Waals surface area (Å²) in [5.74, 6) is 3.32. The highest BCUT2D eigenvalue weighted by Gasteiger charge is 2.22. The van der Waals surface area contributed by atoms with E-state index in [2.05, 4.69) is 22.4 Å². The third kappa shape index (κ3) is 5.48. The number of benzene rings is 1. The molecule has 0 spiro atoms. The first-order valence-electron chi connectivity index (χ1n) is 9.59. The Morgan fingerprint density at radius 1 is 1.33 bits per heavy atom. The van der Waals surface area contributed by atoms with Gasteiger partial charge in [0, 0.05) is 6.04 Å². The summed E-state index contributed by atoms with van der Waals surface area (Å²) < 4.78 is 10.9. The Labute approximate surface area is 164 Å². The Bertz CT molecular complexity index is 750. The van der Waals surface area contributed by atoms with Crippen molar-refractivity contribution in [2.45, 2.75) is 51.3 Å². The zero-order valence-corrected chi connectivity index (χ0v) is 16.8. The highest BCUT2D eigenvalue weighted by atomic mass is 32.2. The second kappa shape index (κ2) is 9.78. The number of hydrogen-bond donors (Lipinski definition) is 1. The van der Waals surface area contributed by atoms with Crippen molar-refractivity contribution in [3.8, 4) is 17.1 Å². The smallest absolute Gasteiger partial charge is 0.236 e. The zero-order chi connectivity index (χ0) is 19.1. The standard InChI is InChI=1S/C20H27N3O3S/c1-3-25-17-11-7-5-9-15(17)20-22-19(26-23-20)13-27-12-18(24)21-16-10-6-4-8-14(16)2/h5,7,9,11,14,16H,3-4,6,8,10,12-13H2,1-2H3,(H,21,24)/t14-,16+/m1/s1. The molecule has 1 N–H and O–H groups in total. The Hall–Kier alpha value is -2.02. The number of hydrogen-bond acceptors (Lipinski definition) is 6. The van der Waals surface area contributed by atoms with Gasteiger partial charge in [-0.15, -0.1) is 11.8 Å². The van der Waals surface area contributed by atoms with Crippen molar-refractivity contribution in [1.29, 1.82) is 0 Å². The Morgan fingerprint density at radius 3 is 2.96 bits per heavy atom. The van der Waals surface area contributed by atoms with Gasteiger partial charge < -0.3 is 14.6 Å². The predicted molar refractivity (Wildman–Crippen MR) is 107 cm³/mol. The van der Waals surface area contributed by atoms with Crippen LogP contribution in [-0.2, 0) is 10.5 Å². The molecule has 0 bridgehead atoms. The first-order chi connectivity index (χ1) is 13.2. The number of nitrogens with zero attached hydrogens (tertiary/aromatic N) is 2. The first-order valence-corrected chi connectivity index (χ1v) is 10.7. The van der Waals surface area contributed by atoms with Crippen molar-refractivity contribution >= 4 is 17.7 Å². The summed E-state index contributed by atoms with van der Waals surface area (Å²) in [4.78, 5) is 16.6. The highest BCUT2D eigenvalue weighted by molar-refractivity contribution is 7.99. The fourth-order valence-electron chi connectivity index (χ4n) is 3.37. The van der Waals surface area contributed by atoms with Gasteiger partial charge in [0.1, 0.15) is 5.75 Å². The molecule has 146 valence electrons. The van der Waals surface area contributed by atoms with E-state index in [4.69, 9.17) is 9.26 Å². The number of ether oxygens (including phenoxy) is 1. The Kier molecular flexibility index (Phi) is 7.15. The maximum Gasteiger partial charge on any atom is 0.236 e. The normalized spacial score (nSPS) is 19.6. The average Bonchev–Trinajstić information content (AvgIpc) is 3.13. The number of amides is 1. The molecule has 2 aromatic rings. The van der Waals surface area contributed by atoms with Crippen molar-refractivity contribution in [3.05, 3.63) is 30.2 Å². The van der Waals surface area contributed by atoms with E-state index in [1.54, 1.807) is 0 Å². The van der Waals surface area contributed by atoms with E-state index in [1.807, 2.05) is 31.2 Å². The summed E-state index contributed by atoms with van der Waals surface area (Å²) >= 11 is 1.49. The summed E-state index contributed by atoms with van der Waals surface area (Å²) in [6.07, 6.45) is 4.76. The SMILES string of the molecule is CCOc1ccccc1-c1noc(CSCC(=O)N[C@H]2CCCC[C@H]2C)n1. The summed E-state index contributed by atoms with van der Waals surface area (Å²) in [7, 11) is 0. The molecule has 3 rings (SSSR count). The van der Waals surface area contributed by atoms with Crippen molar-refractivity contribution < 1.29 is 14.1 Å². The van der Waals surface area contributed by atoms with Gasteiger partial charge in [0.25, 0.3) is 0 Å². The van der Waals surface area contributed by atoms with Crippen LogP contribution in [0.3, 0.4) is 0 Å². The molecule has 1 amide bonds. The van der Waals surface area contributed by atoms with E-state index in [9.17, 15) is 4.79 Å². The monoisotopic (exact) mass is 389 g/mol. The lowest BCUT2D eigenvalue weighted by Gasteiger charge is -2.29. The van der Waals surface area contributed by atoms with Gasteiger partial charge in [0.15, 0.2) is 0 Å². The van der Waals surface area contributed by atoms with Gasteiger partial charge in [-0.3, -0.25) is 4.79 Å². The van der Waals surface area contributed by atoms with Crippen LogP contribution < -0.4 is 10.1 Å². The molecule has 1 aromatic heterocycles. The summed E-state index contributed by atoms with van der Waals surface area (Å²) in [5, 5.41) is 7.22. The van der Waals surface area contributed by atoms with Crippen LogP contribution in [-0.4, -0.2) is 34.4 Å². The van der Waals surface area contributed by atoms with E-state index in [0.717, 1.165) is 17.7 Å². The molecule has 7 heteroatoms. The van der Waals surface area contributed by atoms with Crippen molar-refractivity contribution in [1.82, 2.24) is 15.5 Å². The number of carbonyl (C=O) groups excluding carboxylic acids is 1. The third-order valence-corrected chi connectivity index (χ3v) is 5.73. The molecule has 1 aliphatic rings. The van der Waals surface area contributed by atoms with Crippen LogP contribution in [0, 0.1) is 5.92 Å². The molecule has 1 fully saturated rings. The molecule has 0 unspecified atom stereocenters. The Balaban J connectivity index is 1.49. The summed E-state index contributed by atoms with van der Waals surface area (Å²) in [6.45, 7) is 4.73. The second-order valence-electron chi connectivity index (χ2n) is 6.87. The maximum atomic E-state index is 12.2. The van der Waals surface area contributed by atoms with Gasteiger partial charge in [-0.25, -0.2) is 0 Å². The van der Waals surface area contributed by atoms with Crippen molar-refractivity contribution in [3.63, 3.8) is 0 Å². The summed E-state index contributed by atoms with van der Waals surface area (Å²) in [6, 6.07) is 7.94. The van der Waals surface area contributed by atoms with Crippen LogP contribution in [0.1, 0.15) is 45.4 Å². The van der Waals surface area contributed by atoms with Crippen molar-refractivity contribution in [2.75, 3.05) is 12.4 Å². The van der Waals surface area contributed by atoms with Gasteiger partial charge in [0.2, 0.25) is 17.6 Å². The average molecular weight is 390 g/mol. The molecule has 2 atom stereocenters. The van der Waals surface area contributed by atoms with E-state index in [1.165, 1.54) is 31.0 Å². The maximum absolute atomic E-state index is 12.2. The predicted octanol–water partition coefficient (Wildman–Crippen LogP) is 4.06. The van der Waals surface area contributed by atoms with E-state index >= 15 is 0 Å². The molecule has 0 aliphatic heterocycles. The third-order valence-electron chi connectivity index (χ3n) is 4.81. The number of aromatic nitrogens is 2. The zero-order valence-electron chi connectivity index (χ0n) is 15.9. The molecule has 1 heterocycles. The fourth-order valence-corrected chi connectivity index (χ4v) is 4.03. The van der Waals surface area contributed by atoms with Crippen LogP contribution in [0.2, 0.25) is 0 Å². The molecule has 1 saturated carbocycles. The molecule has 6 nitrogen and oxygen atoms in total. The molecule has 0 saturated heterocycles. The topological polar surface area (TPSA) is 77.2 Å². The van der Waals surface area contributed by atoms with Crippen molar-refractivity contribution in [2.24, 2.45) is 5.92 Å². The van der Waals surface area contributed by atoms with E-state index in [0.29, 0.717) is 41.8 Å². The van der Waals surface area contributed by atoms with E-state index < -0.39 is 0 Å².